The first-order chi connectivity index (χ1) is 8.89. The molecular formula is C14H19NO3S. The topological polar surface area (TPSA) is 66.4 Å². The molecule has 1 aromatic carbocycles. The first-order valence-electron chi connectivity index (χ1n) is 6.10. The van der Waals surface area contributed by atoms with Gasteiger partial charge in [0.15, 0.2) is 0 Å². The Balaban J connectivity index is 2.30. The molecule has 0 spiro atoms. The van der Waals surface area contributed by atoms with E-state index >= 15 is 0 Å². The van der Waals surface area contributed by atoms with E-state index < -0.39 is 11.5 Å². The summed E-state index contributed by atoms with van der Waals surface area (Å²) < 4.78 is 0. The molecule has 2 N–H and O–H groups in total. The largest absolute Gasteiger partial charge is 0.481 e. The van der Waals surface area contributed by atoms with E-state index in [1.54, 1.807) is 25.6 Å². The van der Waals surface area contributed by atoms with Gasteiger partial charge in [0.25, 0.3) is 0 Å². The number of thioether (sulfide) groups is 1. The fourth-order valence-corrected chi connectivity index (χ4v) is 2.51. The minimum absolute atomic E-state index is 0.0788. The van der Waals surface area contributed by atoms with Crippen molar-refractivity contribution < 1.29 is 14.7 Å². The average Bonchev–Trinajstić information content (AvgIpc) is 2.27. The highest BCUT2D eigenvalue weighted by molar-refractivity contribution is 7.99. The highest BCUT2D eigenvalue weighted by Crippen LogP contribution is 2.18. The van der Waals surface area contributed by atoms with E-state index in [2.05, 4.69) is 5.32 Å². The Hall–Kier alpha value is -1.49. The number of carbonyl (C=O) groups is 2. The molecule has 0 radical (unpaired) electrons. The van der Waals surface area contributed by atoms with Crippen molar-refractivity contribution >= 4 is 23.6 Å². The first-order valence-corrected chi connectivity index (χ1v) is 7.08. The van der Waals surface area contributed by atoms with Gasteiger partial charge < -0.3 is 10.4 Å². The molecule has 5 heteroatoms. The van der Waals surface area contributed by atoms with E-state index in [4.69, 9.17) is 5.11 Å². The fraction of sp³-hybridized carbons (Fsp3) is 0.429. The molecule has 1 rings (SSSR count). The molecule has 0 saturated carbocycles. The molecular weight excluding hydrogens is 262 g/mol. The lowest BCUT2D eigenvalue weighted by molar-refractivity contribution is -0.138. The molecule has 0 unspecified atom stereocenters. The zero-order chi connectivity index (χ0) is 14.3. The Labute approximate surface area is 117 Å². The van der Waals surface area contributed by atoms with Crippen molar-refractivity contribution in [1.82, 2.24) is 5.32 Å². The number of nitrogens with one attached hydrogen (secondary N) is 1. The third-order valence-electron chi connectivity index (χ3n) is 2.41. The van der Waals surface area contributed by atoms with Crippen LogP contribution in [0.2, 0.25) is 0 Å². The van der Waals surface area contributed by atoms with E-state index in [0.717, 1.165) is 4.90 Å². The number of carboxylic acid groups (broad SMARTS) is 1. The molecule has 1 aromatic rings. The minimum Gasteiger partial charge on any atom is -0.481 e. The summed E-state index contributed by atoms with van der Waals surface area (Å²) in [7, 11) is 0. The summed E-state index contributed by atoms with van der Waals surface area (Å²) in [6.45, 7) is 3.42. The number of hydrogen-bond donors (Lipinski definition) is 2. The Morgan fingerprint density at radius 2 is 1.89 bits per heavy atom. The monoisotopic (exact) mass is 281 g/mol. The molecule has 1 amide bonds. The highest BCUT2D eigenvalue weighted by Gasteiger charge is 2.23. The molecule has 104 valence electrons. The van der Waals surface area contributed by atoms with Crippen LogP contribution in [0.3, 0.4) is 0 Å². The molecule has 0 bridgehead atoms. The lowest BCUT2D eigenvalue weighted by atomic mass is 10.0. The maximum Gasteiger partial charge on any atom is 0.305 e. The van der Waals surface area contributed by atoms with Crippen molar-refractivity contribution in [2.24, 2.45) is 0 Å². The number of hydrogen-bond acceptors (Lipinski definition) is 3. The molecule has 0 saturated heterocycles. The molecule has 0 aromatic heterocycles. The average molecular weight is 281 g/mol. The zero-order valence-electron chi connectivity index (χ0n) is 11.2. The van der Waals surface area contributed by atoms with Crippen LogP contribution in [0.15, 0.2) is 35.2 Å². The molecule has 0 aliphatic heterocycles. The van der Waals surface area contributed by atoms with Crippen LogP contribution in [0.1, 0.15) is 26.7 Å². The van der Waals surface area contributed by atoms with E-state index in [1.165, 1.54) is 0 Å². The fourth-order valence-electron chi connectivity index (χ4n) is 1.64. The van der Waals surface area contributed by atoms with Gasteiger partial charge >= 0.3 is 5.97 Å². The van der Waals surface area contributed by atoms with Crippen molar-refractivity contribution in [3.63, 3.8) is 0 Å². The zero-order valence-corrected chi connectivity index (χ0v) is 12.0. The second kappa shape index (κ2) is 7.19. The van der Waals surface area contributed by atoms with Gasteiger partial charge in [-0.05, 0) is 26.0 Å². The van der Waals surface area contributed by atoms with Gasteiger partial charge in [-0.15, -0.1) is 11.8 Å². The Bertz CT molecular complexity index is 432. The van der Waals surface area contributed by atoms with Crippen LogP contribution < -0.4 is 5.32 Å². The lowest BCUT2D eigenvalue weighted by Crippen LogP contribution is -2.45. The maximum atomic E-state index is 11.7. The predicted octanol–water partition coefficient (Wildman–Crippen LogP) is 2.54. The number of rotatable bonds is 7. The molecule has 0 aliphatic carbocycles. The first kappa shape index (κ1) is 15.6. The van der Waals surface area contributed by atoms with Gasteiger partial charge in [-0.1, -0.05) is 18.2 Å². The normalized spacial score (nSPS) is 11.1. The van der Waals surface area contributed by atoms with Crippen LogP contribution in [-0.2, 0) is 9.59 Å². The summed E-state index contributed by atoms with van der Waals surface area (Å²) in [6, 6.07) is 9.86. The van der Waals surface area contributed by atoms with Crippen molar-refractivity contribution in [3.8, 4) is 0 Å². The second-order valence-electron chi connectivity index (χ2n) is 4.91. The number of carboxylic acids is 1. The highest BCUT2D eigenvalue weighted by atomic mass is 32.2. The Kier molecular flexibility index (Phi) is 5.89. The van der Waals surface area contributed by atoms with Crippen LogP contribution in [0, 0.1) is 0 Å². The van der Waals surface area contributed by atoms with Gasteiger partial charge in [0.2, 0.25) is 5.91 Å². The van der Waals surface area contributed by atoms with E-state index in [0.29, 0.717) is 12.2 Å². The van der Waals surface area contributed by atoms with Crippen LogP contribution in [-0.4, -0.2) is 28.3 Å². The maximum absolute atomic E-state index is 11.7. The standard InChI is InChI=1S/C14H19NO3S/c1-14(2,10-13(17)18)15-12(16)8-9-19-11-6-4-3-5-7-11/h3-7H,8-10H2,1-2H3,(H,15,16)(H,17,18). The molecule has 0 atom stereocenters. The quantitative estimate of drug-likeness (QED) is 0.754. The summed E-state index contributed by atoms with van der Waals surface area (Å²) in [5, 5.41) is 11.5. The third-order valence-corrected chi connectivity index (χ3v) is 3.43. The van der Waals surface area contributed by atoms with Gasteiger partial charge in [0.1, 0.15) is 0 Å². The Morgan fingerprint density at radius 1 is 1.26 bits per heavy atom. The SMILES string of the molecule is CC(C)(CC(=O)O)NC(=O)CCSc1ccccc1. The molecule has 0 aliphatic rings. The van der Waals surface area contributed by atoms with Gasteiger partial charge in [-0.25, -0.2) is 0 Å². The van der Waals surface area contributed by atoms with Gasteiger partial charge in [-0.3, -0.25) is 9.59 Å². The van der Waals surface area contributed by atoms with Gasteiger partial charge in [0.05, 0.1) is 6.42 Å². The molecule has 0 heterocycles. The smallest absolute Gasteiger partial charge is 0.305 e. The van der Waals surface area contributed by atoms with E-state index in [9.17, 15) is 9.59 Å². The summed E-state index contributed by atoms with van der Waals surface area (Å²) in [5.74, 6) is -0.349. The Morgan fingerprint density at radius 3 is 2.47 bits per heavy atom. The summed E-state index contributed by atoms with van der Waals surface area (Å²) >= 11 is 1.61. The van der Waals surface area contributed by atoms with Crippen LogP contribution in [0.25, 0.3) is 0 Å². The van der Waals surface area contributed by atoms with Crippen molar-refractivity contribution in [3.05, 3.63) is 30.3 Å². The number of aliphatic carboxylic acids is 1. The van der Waals surface area contributed by atoms with Gasteiger partial charge in [0, 0.05) is 22.6 Å². The molecule has 4 nitrogen and oxygen atoms in total. The molecule has 0 fully saturated rings. The molecule has 19 heavy (non-hydrogen) atoms. The number of amides is 1. The van der Waals surface area contributed by atoms with Crippen molar-refractivity contribution in [2.75, 3.05) is 5.75 Å². The van der Waals surface area contributed by atoms with Crippen LogP contribution >= 0.6 is 11.8 Å². The van der Waals surface area contributed by atoms with E-state index in [-0.39, 0.29) is 12.3 Å². The van der Waals surface area contributed by atoms with Crippen molar-refractivity contribution in [1.29, 1.82) is 0 Å². The second-order valence-corrected chi connectivity index (χ2v) is 6.08. The number of benzene rings is 1. The summed E-state index contributed by atoms with van der Waals surface area (Å²) in [5.41, 5.74) is -0.708. The van der Waals surface area contributed by atoms with E-state index in [1.807, 2.05) is 30.3 Å². The summed E-state index contributed by atoms with van der Waals surface area (Å²) in [6.07, 6.45) is 0.299. The van der Waals surface area contributed by atoms with Crippen LogP contribution in [0.5, 0.6) is 0 Å². The predicted molar refractivity (Wildman–Crippen MR) is 76.3 cm³/mol. The van der Waals surface area contributed by atoms with Crippen LogP contribution in [0.4, 0.5) is 0 Å². The summed E-state index contributed by atoms with van der Waals surface area (Å²) in [4.78, 5) is 23.5. The minimum atomic E-state index is -0.913. The number of carbonyl (C=O) groups excluding carboxylic acids is 1. The van der Waals surface area contributed by atoms with Crippen molar-refractivity contribution in [2.45, 2.75) is 37.1 Å². The van der Waals surface area contributed by atoms with Gasteiger partial charge in [-0.2, -0.15) is 0 Å². The lowest BCUT2D eigenvalue weighted by Gasteiger charge is -2.24. The third kappa shape index (κ3) is 6.86.